The van der Waals surface area contributed by atoms with Gasteiger partial charge in [-0.2, -0.15) is 0 Å². The highest BCUT2D eigenvalue weighted by Gasteiger charge is 2.26. The van der Waals surface area contributed by atoms with E-state index in [2.05, 4.69) is 72.5 Å². The van der Waals surface area contributed by atoms with E-state index >= 15 is 0 Å². The van der Waals surface area contributed by atoms with Gasteiger partial charge in [0.15, 0.2) is 0 Å². The van der Waals surface area contributed by atoms with Crippen LogP contribution in [-0.4, -0.2) is 4.98 Å². The Morgan fingerprint density at radius 3 is 1.53 bits per heavy atom. The molecule has 38 heavy (non-hydrogen) atoms. The summed E-state index contributed by atoms with van der Waals surface area (Å²) in [5, 5.41) is 0. The van der Waals surface area contributed by atoms with Crippen LogP contribution in [0.5, 0.6) is 0 Å². The Kier molecular flexibility index (Phi) is 20.0. The summed E-state index contributed by atoms with van der Waals surface area (Å²) >= 11 is 0. The summed E-state index contributed by atoms with van der Waals surface area (Å²) < 4.78 is 2.48. The molecule has 0 aliphatic carbocycles. The molecular weight excluding hydrogens is 460 g/mol. The van der Waals surface area contributed by atoms with E-state index in [1.54, 1.807) is 0 Å². The number of imidazole rings is 1. The molecule has 216 valence electrons. The van der Waals surface area contributed by atoms with Gasteiger partial charge < -0.3 is 0 Å². The number of hydrogen-bond acceptors (Lipinski definition) is 0. The van der Waals surface area contributed by atoms with Crippen molar-refractivity contribution < 1.29 is 4.57 Å². The fourth-order valence-electron chi connectivity index (χ4n) is 6.22. The van der Waals surface area contributed by atoms with Crippen LogP contribution in [0.25, 0.3) is 0 Å². The third-order valence-electron chi connectivity index (χ3n) is 8.62. The second kappa shape index (κ2) is 23.3. The van der Waals surface area contributed by atoms with Crippen LogP contribution < -0.4 is 4.57 Å². The zero-order chi connectivity index (χ0) is 26.9. The number of hydrogen-bond donors (Lipinski definition) is 1. The summed E-state index contributed by atoms with van der Waals surface area (Å²) in [6.45, 7) is 4.62. The standard InChI is InChI=1S/C36H62N2/c1-3-5-7-9-10-11-12-13-14-15-16-17-18-20-24-28-35(32-34-26-22-21-23-27-34)36(38-31-30-37-33-38)29-25-19-8-6-4-2/h21-23,26-27,30-31,33,35-36H,3-20,24-25,28-29,32H2,1-2H3/p+1. The van der Waals surface area contributed by atoms with Gasteiger partial charge >= 0.3 is 0 Å². The van der Waals surface area contributed by atoms with Gasteiger partial charge in [0.1, 0.15) is 18.4 Å². The SMILES string of the molecule is CCCCCCCCCCCCCCCCCC(Cc1ccccc1)C(CCCCCCC)[n+]1cc[nH]c1. The van der Waals surface area contributed by atoms with Crippen LogP contribution in [0.15, 0.2) is 49.1 Å². The van der Waals surface area contributed by atoms with E-state index in [4.69, 9.17) is 0 Å². The van der Waals surface area contributed by atoms with Gasteiger partial charge in [-0.3, -0.25) is 4.98 Å². The lowest BCUT2D eigenvalue weighted by atomic mass is 9.84. The predicted molar refractivity (Wildman–Crippen MR) is 167 cm³/mol. The molecule has 2 atom stereocenters. The second-order valence-corrected chi connectivity index (χ2v) is 12.0. The molecular formula is C36H63N2+. The fourth-order valence-corrected chi connectivity index (χ4v) is 6.22. The van der Waals surface area contributed by atoms with Gasteiger partial charge in [-0.15, -0.1) is 0 Å². The van der Waals surface area contributed by atoms with Crippen LogP contribution in [0, 0.1) is 5.92 Å². The van der Waals surface area contributed by atoms with Crippen LogP contribution in [0.1, 0.15) is 167 Å². The molecule has 0 radical (unpaired) electrons. The molecule has 1 aromatic heterocycles. The molecule has 2 rings (SSSR count). The molecule has 1 aromatic carbocycles. The molecule has 1 N–H and O–H groups in total. The maximum atomic E-state index is 3.32. The molecule has 0 spiro atoms. The summed E-state index contributed by atoms with van der Waals surface area (Å²) in [5.41, 5.74) is 1.51. The molecule has 2 unspecified atom stereocenters. The minimum atomic E-state index is 0.606. The summed E-state index contributed by atoms with van der Waals surface area (Å²) in [6, 6.07) is 11.8. The Balaban J connectivity index is 1.68. The Morgan fingerprint density at radius 2 is 1.05 bits per heavy atom. The van der Waals surface area contributed by atoms with E-state index in [1.165, 1.54) is 153 Å². The van der Waals surface area contributed by atoms with Crippen LogP contribution in [0.3, 0.4) is 0 Å². The molecule has 1 heterocycles. The van der Waals surface area contributed by atoms with Crippen molar-refractivity contribution in [2.45, 2.75) is 168 Å². The molecule has 0 aliphatic rings. The van der Waals surface area contributed by atoms with E-state index in [-0.39, 0.29) is 0 Å². The van der Waals surface area contributed by atoms with Gasteiger partial charge in [-0.1, -0.05) is 166 Å². The number of unbranched alkanes of at least 4 members (excludes halogenated alkanes) is 18. The zero-order valence-corrected chi connectivity index (χ0v) is 25.5. The van der Waals surface area contributed by atoms with E-state index in [0.29, 0.717) is 12.0 Å². The van der Waals surface area contributed by atoms with Crippen LogP contribution in [0.2, 0.25) is 0 Å². The first-order valence-corrected chi connectivity index (χ1v) is 16.9. The summed E-state index contributed by atoms with van der Waals surface area (Å²) in [6.07, 6.45) is 38.8. The van der Waals surface area contributed by atoms with Crippen LogP contribution in [0.4, 0.5) is 0 Å². The van der Waals surface area contributed by atoms with Crippen LogP contribution >= 0.6 is 0 Å². The number of aromatic amines is 1. The summed E-state index contributed by atoms with van der Waals surface area (Å²) in [5.74, 6) is 0.714. The molecule has 0 aliphatic heterocycles. The van der Waals surface area contributed by atoms with Gasteiger partial charge in [-0.05, 0) is 31.2 Å². The van der Waals surface area contributed by atoms with Gasteiger partial charge in [-0.25, -0.2) is 4.57 Å². The molecule has 0 saturated heterocycles. The van der Waals surface area contributed by atoms with Crippen molar-refractivity contribution in [1.82, 2.24) is 4.98 Å². The highest BCUT2D eigenvalue weighted by molar-refractivity contribution is 5.15. The number of benzene rings is 1. The Labute approximate surface area is 237 Å². The monoisotopic (exact) mass is 523 g/mol. The minimum absolute atomic E-state index is 0.606. The normalized spacial score (nSPS) is 13.1. The Morgan fingerprint density at radius 1 is 0.579 bits per heavy atom. The largest absolute Gasteiger partial charge is 0.250 e. The molecule has 0 fully saturated rings. The minimum Gasteiger partial charge on any atom is -0.250 e. The molecule has 2 nitrogen and oxygen atoms in total. The van der Waals surface area contributed by atoms with E-state index in [1.807, 2.05) is 0 Å². The van der Waals surface area contributed by atoms with Crippen molar-refractivity contribution in [2.75, 3.05) is 0 Å². The molecule has 2 aromatic rings. The first-order valence-electron chi connectivity index (χ1n) is 16.9. The van der Waals surface area contributed by atoms with Crippen molar-refractivity contribution in [1.29, 1.82) is 0 Å². The van der Waals surface area contributed by atoms with Gasteiger partial charge in [0, 0.05) is 5.92 Å². The number of nitrogens with one attached hydrogen (secondary N) is 1. The number of aromatic nitrogens is 2. The quantitative estimate of drug-likeness (QED) is 0.0934. The number of nitrogens with zero attached hydrogens (tertiary/aromatic N) is 1. The van der Waals surface area contributed by atoms with Crippen molar-refractivity contribution in [3.05, 3.63) is 54.6 Å². The van der Waals surface area contributed by atoms with E-state index < -0.39 is 0 Å². The molecule has 0 bridgehead atoms. The number of rotatable bonds is 26. The van der Waals surface area contributed by atoms with E-state index in [0.717, 1.165) is 0 Å². The van der Waals surface area contributed by atoms with Gasteiger partial charge in [0.05, 0.1) is 0 Å². The van der Waals surface area contributed by atoms with Gasteiger partial charge in [0.2, 0.25) is 6.33 Å². The molecule has 0 saturated carbocycles. The predicted octanol–water partition coefficient (Wildman–Crippen LogP) is 11.3. The summed E-state index contributed by atoms with van der Waals surface area (Å²) in [7, 11) is 0. The Bertz CT molecular complexity index is 723. The maximum Gasteiger partial charge on any atom is 0.241 e. The first-order chi connectivity index (χ1) is 18.8. The molecule has 2 heteroatoms. The third kappa shape index (κ3) is 15.7. The topological polar surface area (TPSA) is 19.7 Å². The Hall–Kier alpha value is -1.57. The summed E-state index contributed by atoms with van der Waals surface area (Å²) in [4.78, 5) is 3.32. The van der Waals surface area contributed by atoms with Crippen molar-refractivity contribution in [2.24, 2.45) is 5.92 Å². The molecule has 0 amide bonds. The van der Waals surface area contributed by atoms with E-state index in [9.17, 15) is 0 Å². The third-order valence-corrected chi connectivity index (χ3v) is 8.62. The second-order valence-electron chi connectivity index (χ2n) is 12.0. The average Bonchev–Trinajstić information content (AvgIpc) is 3.48. The lowest BCUT2D eigenvalue weighted by Gasteiger charge is -2.25. The fraction of sp³-hybridized carbons (Fsp3) is 0.750. The van der Waals surface area contributed by atoms with Crippen molar-refractivity contribution in [3.63, 3.8) is 0 Å². The lowest BCUT2D eigenvalue weighted by Crippen LogP contribution is -2.42. The first kappa shape index (κ1) is 32.6. The highest BCUT2D eigenvalue weighted by atomic mass is 15.1. The lowest BCUT2D eigenvalue weighted by molar-refractivity contribution is -0.730. The van der Waals surface area contributed by atoms with Crippen molar-refractivity contribution in [3.8, 4) is 0 Å². The zero-order valence-electron chi connectivity index (χ0n) is 25.5. The maximum absolute atomic E-state index is 3.32. The highest BCUT2D eigenvalue weighted by Crippen LogP contribution is 2.29. The van der Waals surface area contributed by atoms with Crippen molar-refractivity contribution >= 4 is 0 Å². The average molecular weight is 524 g/mol. The van der Waals surface area contributed by atoms with Crippen LogP contribution in [-0.2, 0) is 6.42 Å². The number of H-pyrrole nitrogens is 1. The van der Waals surface area contributed by atoms with Gasteiger partial charge in [0.25, 0.3) is 0 Å². The smallest absolute Gasteiger partial charge is 0.241 e.